The number of carbonyl (C=O) groups excluding carboxylic acids is 1. The highest BCUT2D eigenvalue weighted by molar-refractivity contribution is 7.15. The third-order valence-corrected chi connectivity index (χ3v) is 5.49. The molecule has 1 atom stereocenters. The second-order valence-electron chi connectivity index (χ2n) is 6.58. The summed E-state index contributed by atoms with van der Waals surface area (Å²) in [6.07, 6.45) is 8.05. The molecule has 130 valence electrons. The van der Waals surface area contributed by atoms with Crippen molar-refractivity contribution in [3.63, 3.8) is 0 Å². The van der Waals surface area contributed by atoms with E-state index in [1.807, 2.05) is 24.7 Å². The lowest BCUT2D eigenvalue weighted by Gasteiger charge is -2.15. The largest absolute Gasteiger partial charge is 0.304 e. The molecule has 4 rings (SSSR count). The van der Waals surface area contributed by atoms with Crippen LogP contribution in [-0.4, -0.2) is 38.3 Å². The van der Waals surface area contributed by atoms with Gasteiger partial charge in [-0.2, -0.15) is 0 Å². The van der Waals surface area contributed by atoms with E-state index in [1.165, 1.54) is 23.9 Å². The molecular formula is C18H21N5OS. The number of hydrogen-bond donors (Lipinski definition) is 1. The van der Waals surface area contributed by atoms with Crippen LogP contribution in [-0.2, 0) is 17.8 Å². The quantitative estimate of drug-likeness (QED) is 0.764. The molecule has 0 radical (unpaired) electrons. The minimum atomic E-state index is -0.0733. The average Bonchev–Trinajstić information content (AvgIpc) is 3.29. The van der Waals surface area contributed by atoms with E-state index in [0.717, 1.165) is 31.7 Å². The number of nitrogens with one attached hydrogen (secondary N) is 1. The summed E-state index contributed by atoms with van der Waals surface area (Å²) in [6.45, 7) is 4.62. The van der Waals surface area contributed by atoms with E-state index >= 15 is 0 Å². The molecule has 4 heterocycles. The van der Waals surface area contributed by atoms with E-state index in [9.17, 15) is 4.79 Å². The molecule has 6 nitrogen and oxygen atoms in total. The average molecular weight is 355 g/mol. The zero-order valence-electron chi connectivity index (χ0n) is 14.2. The summed E-state index contributed by atoms with van der Waals surface area (Å²) in [5.41, 5.74) is 2.34. The summed E-state index contributed by atoms with van der Waals surface area (Å²) in [5.74, 6) is 0.589. The van der Waals surface area contributed by atoms with Crippen molar-refractivity contribution in [3.8, 4) is 0 Å². The van der Waals surface area contributed by atoms with Crippen LogP contribution in [0.15, 0.2) is 36.8 Å². The number of fused-ring (bicyclic) bond motifs is 1. The Morgan fingerprint density at radius 3 is 3.20 bits per heavy atom. The van der Waals surface area contributed by atoms with Crippen LogP contribution in [0.2, 0.25) is 0 Å². The smallest absolute Gasteiger partial charge is 0.223 e. The van der Waals surface area contributed by atoms with Gasteiger partial charge >= 0.3 is 0 Å². The van der Waals surface area contributed by atoms with Gasteiger partial charge in [0, 0.05) is 49.2 Å². The number of imidazole rings is 1. The number of amides is 1. The highest BCUT2D eigenvalue weighted by atomic mass is 32.1. The zero-order chi connectivity index (χ0) is 17.2. The van der Waals surface area contributed by atoms with Crippen LogP contribution >= 0.6 is 11.3 Å². The van der Waals surface area contributed by atoms with Gasteiger partial charge in [0.05, 0.1) is 0 Å². The standard InChI is InChI=1S/C18H21N5OS/c1-13(24)21-18-20-10-16(25-18)12-22-7-5-14(11-22)9-15-3-2-4-17-19-6-8-23(15)17/h2-4,6,8,10,14H,5,7,9,11-12H2,1H3,(H,20,21,24)/t14-/m1/s1. The van der Waals surface area contributed by atoms with Crippen LogP contribution < -0.4 is 5.32 Å². The second kappa shape index (κ2) is 6.93. The molecule has 1 fully saturated rings. The number of likely N-dealkylation sites (tertiary alicyclic amines) is 1. The molecule has 0 aliphatic carbocycles. The van der Waals surface area contributed by atoms with Gasteiger partial charge in [-0.3, -0.25) is 9.69 Å². The van der Waals surface area contributed by atoms with Crippen molar-refractivity contribution in [1.29, 1.82) is 0 Å². The molecule has 3 aromatic heterocycles. The first-order chi connectivity index (χ1) is 12.2. The fourth-order valence-corrected chi connectivity index (χ4v) is 4.40. The van der Waals surface area contributed by atoms with Gasteiger partial charge in [-0.1, -0.05) is 6.07 Å². The third kappa shape index (κ3) is 3.72. The predicted octanol–water partition coefficient (Wildman–Crippen LogP) is 2.81. The topological polar surface area (TPSA) is 62.5 Å². The highest BCUT2D eigenvalue weighted by Crippen LogP contribution is 2.25. The molecule has 3 aromatic rings. The Labute approximate surface area is 150 Å². The van der Waals surface area contributed by atoms with Crippen molar-refractivity contribution in [3.05, 3.63) is 47.4 Å². The van der Waals surface area contributed by atoms with Gasteiger partial charge < -0.3 is 9.72 Å². The zero-order valence-corrected chi connectivity index (χ0v) is 15.0. The number of aromatic nitrogens is 3. The molecular weight excluding hydrogens is 334 g/mol. The molecule has 1 aliphatic heterocycles. The molecule has 0 bridgehead atoms. The molecule has 0 saturated carbocycles. The Kier molecular flexibility index (Phi) is 4.50. The van der Waals surface area contributed by atoms with Crippen molar-refractivity contribution in [2.45, 2.75) is 26.3 Å². The Morgan fingerprint density at radius 1 is 1.40 bits per heavy atom. The summed E-state index contributed by atoms with van der Waals surface area (Å²) in [4.78, 5) is 23.4. The van der Waals surface area contributed by atoms with E-state index in [-0.39, 0.29) is 5.91 Å². The van der Waals surface area contributed by atoms with Crippen molar-refractivity contribution in [2.24, 2.45) is 5.92 Å². The molecule has 1 amide bonds. The van der Waals surface area contributed by atoms with Crippen molar-refractivity contribution < 1.29 is 4.79 Å². The molecule has 0 unspecified atom stereocenters. The lowest BCUT2D eigenvalue weighted by molar-refractivity contribution is -0.114. The van der Waals surface area contributed by atoms with Gasteiger partial charge in [-0.25, -0.2) is 9.97 Å². The van der Waals surface area contributed by atoms with Crippen molar-refractivity contribution in [1.82, 2.24) is 19.3 Å². The van der Waals surface area contributed by atoms with E-state index in [0.29, 0.717) is 11.0 Å². The monoisotopic (exact) mass is 355 g/mol. The number of hydrogen-bond acceptors (Lipinski definition) is 5. The number of pyridine rings is 1. The van der Waals surface area contributed by atoms with Gasteiger partial charge in [0.2, 0.25) is 5.91 Å². The lowest BCUT2D eigenvalue weighted by Crippen LogP contribution is -2.20. The predicted molar refractivity (Wildman–Crippen MR) is 98.7 cm³/mol. The Morgan fingerprint density at radius 2 is 2.32 bits per heavy atom. The van der Waals surface area contributed by atoms with Crippen LogP contribution in [0.25, 0.3) is 5.65 Å². The fourth-order valence-electron chi connectivity index (χ4n) is 3.50. The van der Waals surface area contributed by atoms with E-state index in [2.05, 4.69) is 36.7 Å². The SMILES string of the molecule is CC(=O)Nc1ncc(CN2CC[C@H](Cc3cccc4nccn34)C2)s1. The Bertz CT molecular complexity index is 886. The molecule has 7 heteroatoms. The maximum atomic E-state index is 11.1. The number of thiazole rings is 1. The summed E-state index contributed by atoms with van der Waals surface area (Å²) < 4.78 is 2.19. The number of carbonyl (C=O) groups is 1. The van der Waals surface area contributed by atoms with Crippen LogP contribution in [0.5, 0.6) is 0 Å². The minimum Gasteiger partial charge on any atom is -0.304 e. The lowest BCUT2D eigenvalue weighted by atomic mass is 10.0. The fraction of sp³-hybridized carbons (Fsp3) is 0.389. The van der Waals surface area contributed by atoms with Gasteiger partial charge in [-0.05, 0) is 37.4 Å². The van der Waals surface area contributed by atoms with Crippen molar-refractivity contribution in [2.75, 3.05) is 18.4 Å². The van der Waals surface area contributed by atoms with Gasteiger partial charge in [-0.15, -0.1) is 11.3 Å². The Balaban J connectivity index is 1.36. The van der Waals surface area contributed by atoms with Crippen molar-refractivity contribution >= 4 is 28.0 Å². The first-order valence-corrected chi connectivity index (χ1v) is 9.34. The normalized spacial score (nSPS) is 18.0. The van der Waals surface area contributed by atoms with Gasteiger partial charge in [0.15, 0.2) is 5.13 Å². The summed E-state index contributed by atoms with van der Waals surface area (Å²) in [7, 11) is 0. The highest BCUT2D eigenvalue weighted by Gasteiger charge is 2.24. The van der Waals surface area contributed by atoms with Crippen LogP contribution in [0.3, 0.4) is 0 Å². The Hall–Kier alpha value is -2.25. The van der Waals surface area contributed by atoms with Gasteiger partial charge in [0.1, 0.15) is 5.65 Å². The summed E-state index contributed by atoms with van der Waals surface area (Å²) in [5, 5.41) is 3.43. The molecule has 25 heavy (non-hydrogen) atoms. The van der Waals surface area contributed by atoms with Crippen LogP contribution in [0, 0.1) is 5.92 Å². The minimum absolute atomic E-state index is 0.0733. The number of anilines is 1. The maximum Gasteiger partial charge on any atom is 0.223 e. The maximum absolute atomic E-state index is 11.1. The number of nitrogens with zero attached hydrogens (tertiary/aromatic N) is 4. The molecule has 1 N–H and O–H groups in total. The van der Waals surface area contributed by atoms with Crippen LogP contribution in [0.1, 0.15) is 23.9 Å². The molecule has 0 spiro atoms. The molecule has 0 aromatic carbocycles. The molecule has 1 saturated heterocycles. The first kappa shape index (κ1) is 16.2. The van der Waals surface area contributed by atoms with E-state index < -0.39 is 0 Å². The summed E-state index contributed by atoms with van der Waals surface area (Å²) in [6, 6.07) is 6.33. The molecule has 1 aliphatic rings. The first-order valence-electron chi connectivity index (χ1n) is 8.53. The summed E-state index contributed by atoms with van der Waals surface area (Å²) >= 11 is 1.56. The van der Waals surface area contributed by atoms with Gasteiger partial charge in [0.25, 0.3) is 0 Å². The van der Waals surface area contributed by atoms with E-state index in [4.69, 9.17) is 0 Å². The van der Waals surface area contributed by atoms with E-state index in [1.54, 1.807) is 11.3 Å². The third-order valence-electron chi connectivity index (χ3n) is 4.60. The van der Waals surface area contributed by atoms with Crippen LogP contribution in [0.4, 0.5) is 5.13 Å². The second-order valence-corrected chi connectivity index (χ2v) is 7.69. The number of rotatable bonds is 5.